The maximum Gasteiger partial charge on any atom is 0.269 e. The van der Waals surface area contributed by atoms with E-state index in [9.17, 15) is 18.3 Å². The van der Waals surface area contributed by atoms with Gasteiger partial charge < -0.3 is 5.11 Å². The maximum absolute atomic E-state index is 11.9. The lowest BCUT2D eigenvalue weighted by atomic mass is 9.96. The smallest absolute Gasteiger partial charge is 0.269 e. The highest BCUT2D eigenvalue weighted by atomic mass is 32.2. The van der Waals surface area contributed by atoms with Crippen molar-refractivity contribution < 1.29 is 18.3 Å². The predicted octanol–water partition coefficient (Wildman–Crippen LogP) is 1.29. The Morgan fingerprint density at radius 2 is 1.88 bits per heavy atom. The highest BCUT2D eigenvalue weighted by molar-refractivity contribution is 7.90. The van der Waals surface area contributed by atoms with Crippen molar-refractivity contribution in [3.8, 4) is 5.75 Å². The van der Waals surface area contributed by atoms with Crippen LogP contribution in [0.3, 0.4) is 0 Å². The van der Waals surface area contributed by atoms with Crippen LogP contribution in [0.1, 0.15) is 35.7 Å². The first kappa shape index (κ1) is 11.9. The molecule has 0 bridgehead atoms. The summed E-state index contributed by atoms with van der Waals surface area (Å²) in [7, 11) is -2.57. The molecule has 0 spiro atoms. The molecule has 0 aliphatic carbocycles. The second kappa shape index (κ2) is 3.46. The van der Waals surface area contributed by atoms with E-state index in [0.29, 0.717) is 9.87 Å². The van der Waals surface area contributed by atoms with Crippen molar-refractivity contribution in [1.82, 2.24) is 4.31 Å². The van der Waals surface area contributed by atoms with Crippen molar-refractivity contribution >= 4 is 15.9 Å². The molecule has 1 aliphatic heterocycles. The van der Waals surface area contributed by atoms with E-state index in [0.717, 1.165) is 6.07 Å². The van der Waals surface area contributed by atoms with E-state index in [1.807, 2.05) is 13.8 Å². The summed E-state index contributed by atoms with van der Waals surface area (Å²) < 4.78 is 24.5. The van der Waals surface area contributed by atoms with E-state index < -0.39 is 15.9 Å². The van der Waals surface area contributed by atoms with E-state index >= 15 is 0 Å². The zero-order chi connectivity index (χ0) is 13.0. The molecule has 1 heterocycles. The number of phenols is 1. The fourth-order valence-electron chi connectivity index (χ4n) is 1.92. The summed E-state index contributed by atoms with van der Waals surface area (Å²) in [6, 6.07) is 2.56. The van der Waals surface area contributed by atoms with Crippen LogP contribution >= 0.6 is 0 Å². The molecule has 0 radical (unpaired) electrons. The Bertz CT molecular complexity index is 604. The minimum atomic E-state index is -3.79. The van der Waals surface area contributed by atoms with E-state index in [2.05, 4.69) is 0 Å². The Balaban J connectivity index is 2.87. The molecule has 5 nitrogen and oxygen atoms in total. The van der Waals surface area contributed by atoms with Crippen molar-refractivity contribution in [1.29, 1.82) is 0 Å². The van der Waals surface area contributed by atoms with Crippen LogP contribution in [-0.2, 0) is 10.0 Å². The summed E-state index contributed by atoms with van der Waals surface area (Å²) in [6.07, 6.45) is 0. The molecule has 1 aromatic carbocycles. The first-order chi connectivity index (χ1) is 7.76. The zero-order valence-corrected chi connectivity index (χ0v) is 10.6. The van der Waals surface area contributed by atoms with Gasteiger partial charge >= 0.3 is 0 Å². The summed E-state index contributed by atoms with van der Waals surface area (Å²) in [5.74, 6) is -0.718. The molecule has 1 amide bonds. The highest BCUT2D eigenvalue weighted by Gasteiger charge is 2.41. The number of phenolic OH excluding ortho intramolecular Hbond substituents is 1. The summed E-state index contributed by atoms with van der Waals surface area (Å²) in [6.45, 7) is 3.68. The molecular formula is C11H13NO4S. The minimum Gasteiger partial charge on any atom is -0.508 e. The summed E-state index contributed by atoms with van der Waals surface area (Å²) >= 11 is 0. The first-order valence-electron chi connectivity index (χ1n) is 5.17. The first-order valence-corrected chi connectivity index (χ1v) is 6.61. The molecule has 0 aromatic heterocycles. The van der Waals surface area contributed by atoms with Gasteiger partial charge in [0.25, 0.3) is 15.9 Å². The molecule has 6 heteroatoms. The van der Waals surface area contributed by atoms with Crippen LogP contribution in [0.4, 0.5) is 0 Å². The quantitative estimate of drug-likeness (QED) is 0.820. The molecule has 17 heavy (non-hydrogen) atoms. The van der Waals surface area contributed by atoms with Gasteiger partial charge in [-0.05, 0) is 17.5 Å². The number of carbonyl (C=O) groups is 1. The topological polar surface area (TPSA) is 74.7 Å². The van der Waals surface area contributed by atoms with Gasteiger partial charge in [-0.1, -0.05) is 13.8 Å². The van der Waals surface area contributed by atoms with E-state index in [-0.39, 0.29) is 22.1 Å². The number of sulfonamides is 1. The van der Waals surface area contributed by atoms with Crippen LogP contribution in [0.5, 0.6) is 5.75 Å². The SMILES string of the molecule is CC(C)c1cc(O)cc2c1C(=O)N(C)S2(=O)=O. The number of hydrogen-bond acceptors (Lipinski definition) is 4. The second-order valence-corrected chi connectivity index (χ2v) is 6.28. The summed E-state index contributed by atoms with van der Waals surface area (Å²) in [5, 5.41) is 9.54. The maximum atomic E-state index is 11.9. The van der Waals surface area contributed by atoms with Crippen molar-refractivity contribution in [3.05, 3.63) is 23.3 Å². The Morgan fingerprint density at radius 1 is 1.29 bits per heavy atom. The average molecular weight is 255 g/mol. The number of nitrogens with zero attached hydrogens (tertiary/aromatic N) is 1. The van der Waals surface area contributed by atoms with Crippen LogP contribution in [0.15, 0.2) is 17.0 Å². The summed E-state index contributed by atoms with van der Waals surface area (Å²) in [5.41, 5.74) is 0.734. The predicted molar refractivity (Wildman–Crippen MR) is 61.5 cm³/mol. The van der Waals surface area contributed by atoms with Gasteiger partial charge in [-0.2, -0.15) is 0 Å². The number of carbonyl (C=O) groups excluding carboxylic acids is 1. The van der Waals surface area contributed by atoms with Crippen LogP contribution in [0.25, 0.3) is 0 Å². The van der Waals surface area contributed by atoms with Gasteiger partial charge in [-0.25, -0.2) is 12.7 Å². The lowest BCUT2D eigenvalue weighted by molar-refractivity contribution is 0.0890. The van der Waals surface area contributed by atoms with Crippen molar-refractivity contribution in [2.24, 2.45) is 0 Å². The monoisotopic (exact) mass is 255 g/mol. The number of fused-ring (bicyclic) bond motifs is 1. The van der Waals surface area contributed by atoms with E-state index in [1.165, 1.54) is 13.1 Å². The molecule has 1 aliphatic rings. The van der Waals surface area contributed by atoms with Crippen LogP contribution < -0.4 is 0 Å². The van der Waals surface area contributed by atoms with Gasteiger partial charge in [0.15, 0.2) is 0 Å². The number of hydrogen-bond donors (Lipinski definition) is 1. The van der Waals surface area contributed by atoms with Gasteiger partial charge in [0, 0.05) is 13.1 Å². The standard InChI is InChI=1S/C11H13NO4S/c1-6(2)8-4-7(13)5-9-10(8)11(14)12(3)17(9,15)16/h4-6,13H,1-3H3. The van der Waals surface area contributed by atoms with Gasteiger partial charge in [-0.15, -0.1) is 0 Å². The number of aromatic hydroxyl groups is 1. The fourth-order valence-corrected chi connectivity index (χ4v) is 3.26. The number of benzene rings is 1. The molecule has 1 aromatic rings. The average Bonchev–Trinajstić information content (AvgIpc) is 2.40. The number of amides is 1. The van der Waals surface area contributed by atoms with E-state index in [1.54, 1.807) is 0 Å². The third-order valence-corrected chi connectivity index (χ3v) is 4.64. The Hall–Kier alpha value is -1.56. The molecule has 0 saturated heterocycles. The lowest BCUT2D eigenvalue weighted by Crippen LogP contribution is -2.25. The highest BCUT2D eigenvalue weighted by Crippen LogP contribution is 2.37. The molecule has 92 valence electrons. The Kier molecular flexibility index (Phi) is 2.43. The summed E-state index contributed by atoms with van der Waals surface area (Å²) in [4.78, 5) is 11.8. The molecular weight excluding hydrogens is 242 g/mol. The fraction of sp³-hybridized carbons (Fsp3) is 0.364. The zero-order valence-electron chi connectivity index (χ0n) is 9.76. The molecule has 2 rings (SSSR count). The van der Waals surface area contributed by atoms with Crippen LogP contribution in [0, 0.1) is 0 Å². The molecule has 0 atom stereocenters. The Labute approximate surface area is 99.7 Å². The lowest BCUT2D eigenvalue weighted by Gasteiger charge is -2.09. The van der Waals surface area contributed by atoms with Gasteiger partial charge in [-0.3, -0.25) is 4.79 Å². The second-order valence-electron chi connectivity index (χ2n) is 4.34. The van der Waals surface area contributed by atoms with Gasteiger partial charge in [0.1, 0.15) is 10.6 Å². The van der Waals surface area contributed by atoms with Crippen molar-refractivity contribution in [2.45, 2.75) is 24.7 Å². The van der Waals surface area contributed by atoms with Crippen LogP contribution in [0.2, 0.25) is 0 Å². The molecule has 0 fully saturated rings. The molecule has 0 saturated carbocycles. The molecule has 1 N–H and O–H groups in total. The normalized spacial score (nSPS) is 17.6. The minimum absolute atomic E-state index is 0.0403. The largest absolute Gasteiger partial charge is 0.508 e. The van der Waals surface area contributed by atoms with E-state index in [4.69, 9.17) is 0 Å². The third-order valence-electron chi connectivity index (χ3n) is 2.88. The van der Waals surface area contributed by atoms with Crippen molar-refractivity contribution in [3.63, 3.8) is 0 Å². The van der Waals surface area contributed by atoms with Gasteiger partial charge in [0.2, 0.25) is 0 Å². The number of rotatable bonds is 1. The molecule has 0 unspecified atom stereocenters. The third kappa shape index (κ3) is 1.51. The van der Waals surface area contributed by atoms with Gasteiger partial charge in [0.05, 0.1) is 5.56 Å². The van der Waals surface area contributed by atoms with Crippen molar-refractivity contribution in [2.75, 3.05) is 7.05 Å². The Morgan fingerprint density at radius 3 is 2.41 bits per heavy atom. The van der Waals surface area contributed by atoms with Crippen LogP contribution in [-0.4, -0.2) is 30.8 Å².